The number of hydrogen-bond acceptors (Lipinski definition) is 8. The van der Waals surface area contributed by atoms with Crippen LogP contribution < -0.4 is 0 Å². The highest BCUT2D eigenvalue weighted by Crippen LogP contribution is 2.44. The maximum absolute atomic E-state index is 12.5. The van der Waals surface area contributed by atoms with E-state index in [1.165, 1.54) is 47.9 Å². The van der Waals surface area contributed by atoms with Crippen molar-refractivity contribution in [1.29, 1.82) is 0 Å². The van der Waals surface area contributed by atoms with Crippen LogP contribution in [0.2, 0.25) is 0 Å². The number of rotatable bonds is 6. The number of ether oxygens (including phenoxy) is 2. The Bertz CT molecular complexity index is 751. The molecule has 0 spiro atoms. The summed E-state index contributed by atoms with van der Waals surface area (Å²) in [6, 6.07) is 4.86. The van der Waals surface area contributed by atoms with Crippen molar-refractivity contribution in [1.82, 2.24) is 4.90 Å². The van der Waals surface area contributed by atoms with Crippen LogP contribution in [0.5, 0.6) is 0 Å². The number of benzene rings is 1. The molecule has 3 unspecified atom stereocenters. The first kappa shape index (κ1) is 18.2. The number of amides is 1. The molecule has 0 aliphatic carbocycles. The molecule has 0 bridgehead atoms. The van der Waals surface area contributed by atoms with E-state index in [1.807, 2.05) is 0 Å². The summed E-state index contributed by atoms with van der Waals surface area (Å²) in [4.78, 5) is 47.0. The fourth-order valence-electron chi connectivity index (χ4n) is 2.85. The Balaban J connectivity index is 1.63. The molecule has 9 nitrogen and oxygen atoms in total. The Morgan fingerprint density at radius 2 is 2.00 bits per heavy atom. The summed E-state index contributed by atoms with van der Waals surface area (Å²) in [6.45, 7) is 1.24. The average molecular weight is 380 g/mol. The van der Waals surface area contributed by atoms with Crippen molar-refractivity contribution >= 4 is 35.3 Å². The van der Waals surface area contributed by atoms with Crippen LogP contribution in [0.3, 0.4) is 0 Å². The fraction of sp³-hybridized carbons (Fsp3) is 0.438. The van der Waals surface area contributed by atoms with Gasteiger partial charge in [-0.1, -0.05) is 0 Å². The van der Waals surface area contributed by atoms with Crippen LogP contribution in [0.4, 0.5) is 5.69 Å². The minimum Gasteiger partial charge on any atom is -0.465 e. The first-order valence-corrected chi connectivity index (χ1v) is 8.81. The summed E-state index contributed by atoms with van der Waals surface area (Å²) in [5.41, 5.74) is 0.542. The smallest absolute Gasteiger partial charge is 0.330 e. The number of fused-ring (bicyclic) bond motifs is 1. The number of carbonyl (C=O) groups is 3. The first-order chi connectivity index (χ1) is 12.4. The van der Waals surface area contributed by atoms with Gasteiger partial charge in [0.1, 0.15) is 19.3 Å². The third kappa shape index (κ3) is 3.64. The molecule has 3 rings (SSSR count). The van der Waals surface area contributed by atoms with Crippen LogP contribution in [0.15, 0.2) is 24.3 Å². The third-order valence-electron chi connectivity index (χ3n) is 4.15. The zero-order valence-corrected chi connectivity index (χ0v) is 14.6. The lowest BCUT2D eigenvalue weighted by molar-refractivity contribution is -0.384. The largest absolute Gasteiger partial charge is 0.465 e. The molecule has 10 heteroatoms. The van der Waals surface area contributed by atoms with Gasteiger partial charge in [0.05, 0.1) is 22.0 Å². The normalized spacial score (nSPS) is 23.8. The van der Waals surface area contributed by atoms with Crippen LogP contribution in [0, 0.1) is 10.1 Å². The second-order valence-corrected chi connectivity index (χ2v) is 7.33. The van der Waals surface area contributed by atoms with Gasteiger partial charge in [-0.25, -0.2) is 4.79 Å². The van der Waals surface area contributed by atoms with Gasteiger partial charge in [-0.15, -0.1) is 11.8 Å². The lowest BCUT2D eigenvalue weighted by Crippen LogP contribution is -2.56. The molecule has 2 fully saturated rings. The number of hydrogen-bond donors (Lipinski definition) is 0. The van der Waals surface area contributed by atoms with E-state index < -0.39 is 22.9 Å². The number of esters is 2. The fourth-order valence-corrected chi connectivity index (χ4v) is 4.41. The van der Waals surface area contributed by atoms with Crippen LogP contribution >= 0.6 is 11.8 Å². The summed E-state index contributed by atoms with van der Waals surface area (Å²) < 4.78 is 10.3. The number of carbonyl (C=O) groups excluding carboxylic acids is 3. The lowest BCUT2D eigenvalue weighted by Gasteiger charge is -2.36. The van der Waals surface area contributed by atoms with Crippen molar-refractivity contribution in [3.05, 3.63) is 39.9 Å². The molecule has 2 saturated heterocycles. The summed E-state index contributed by atoms with van der Waals surface area (Å²) in [6.07, 6.45) is 0.355. The molecule has 1 aromatic rings. The van der Waals surface area contributed by atoms with E-state index in [0.29, 0.717) is 12.0 Å². The van der Waals surface area contributed by atoms with Gasteiger partial charge in [0, 0.05) is 19.1 Å². The van der Waals surface area contributed by atoms with Crippen molar-refractivity contribution in [2.45, 2.75) is 36.6 Å². The average Bonchev–Trinajstić information content (AvgIpc) is 2.90. The van der Waals surface area contributed by atoms with Gasteiger partial charge in [0.25, 0.3) is 5.69 Å². The second kappa shape index (κ2) is 7.32. The van der Waals surface area contributed by atoms with E-state index in [0.717, 1.165) is 0 Å². The van der Waals surface area contributed by atoms with Crippen molar-refractivity contribution in [3.8, 4) is 0 Å². The van der Waals surface area contributed by atoms with Crippen LogP contribution in [0.25, 0.3) is 0 Å². The highest BCUT2D eigenvalue weighted by atomic mass is 32.2. The van der Waals surface area contributed by atoms with Crippen LogP contribution in [0.1, 0.15) is 18.9 Å². The molecule has 2 aliphatic rings. The van der Waals surface area contributed by atoms with E-state index in [1.54, 1.807) is 0 Å². The second-order valence-electron chi connectivity index (χ2n) is 5.91. The summed E-state index contributed by atoms with van der Waals surface area (Å²) in [7, 11) is 0. The number of non-ortho nitro benzene ring substituents is 1. The van der Waals surface area contributed by atoms with Gasteiger partial charge in [-0.2, -0.15) is 0 Å². The topological polar surface area (TPSA) is 116 Å². The molecule has 0 saturated carbocycles. The van der Waals surface area contributed by atoms with E-state index >= 15 is 0 Å². The highest BCUT2D eigenvalue weighted by molar-refractivity contribution is 8.01. The van der Waals surface area contributed by atoms with E-state index in [2.05, 4.69) is 0 Å². The van der Waals surface area contributed by atoms with Crippen molar-refractivity contribution < 1.29 is 28.8 Å². The van der Waals surface area contributed by atoms with Crippen molar-refractivity contribution in [2.24, 2.45) is 0 Å². The first-order valence-electron chi connectivity index (χ1n) is 7.87. The van der Waals surface area contributed by atoms with Gasteiger partial charge in [0.2, 0.25) is 5.91 Å². The number of nitro groups is 1. The Morgan fingerprint density at radius 1 is 1.31 bits per heavy atom. The molecule has 2 heterocycles. The van der Waals surface area contributed by atoms with Gasteiger partial charge < -0.3 is 14.4 Å². The standard InChI is InChI=1S/C16H16N2O7S/c1-9(19)24-8-12-15(17-13(20)6-14(17)26-12)16(21)25-7-10-2-4-11(5-3-10)18(22)23/h2-5,12,14-15H,6-8H2,1H3. The number of nitrogens with zero attached hydrogens (tertiary/aromatic N) is 2. The monoisotopic (exact) mass is 380 g/mol. The zero-order chi connectivity index (χ0) is 18.8. The summed E-state index contributed by atoms with van der Waals surface area (Å²) in [5.74, 6) is -1.17. The predicted octanol–water partition coefficient (Wildman–Crippen LogP) is 1.24. The summed E-state index contributed by atoms with van der Waals surface area (Å²) >= 11 is 1.42. The van der Waals surface area contributed by atoms with Gasteiger partial charge >= 0.3 is 11.9 Å². The Labute approximate surface area is 152 Å². The number of nitro benzene ring substituents is 1. The molecular weight excluding hydrogens is 364 g/mol. The Kier molecular flexibility index (Phi) is 5.12. The van der Waals surface area contributed by atoms with Crippen LogP contribution in [-0.4, -0.2) is 50.9 Å². The molecule has 1 amide bonds. The quantitative estimate of drug-likeness (QED) is 0.313. The van der Waals surface area contributed by atoms with Gasteiger partial charge in [-0.05, 0) is 17.7 Å². The minimum atomic E-state index is -0.802. The SMILES string of the molecule is CC(=O)OCC1SC2CC(=O)N2C1C(=O)OCc1ccc([N+](=O)[O-])cc1. The Morgan fingerprint density at radius 3 is 2.58 bits per heavy atom. The highest BCUT2D eigenvalue weighted by Gasteiger charge is 2.55. The van der Waals surface area contributed by atoms with Gasteiger partial charge in [-0.3, -0.25) is 19.7 Å². The molecule has 0 N–H and O–H groups in total. The molecule has 1 aromatic carbocycles. The van der Waals surface area contributed by atoms with Crippen molar-refractivity contribution in [3.63, 3.8) is 0 Å². The molecular formula is C16H16N2O7S. The molecule has 0 radical (unpaired) electrons. The predicted molar refractivity (Wildman–Crippen MR) is 89.9 cm³/mol. The number of β-lactam (4-membered cyclic amide) rings is 1. The maximum Gasteiger partial charge on any atom is 0.330 e. The molecule has 3 atom stereocenters. The van der Waals surface area contributed by atoms with Crippen LogP contribution in [-0.2, 0) is 30.5 Å². The molecule has 26 heavy (non-hydrogen) atoms. The minimum absolute atomic E-state index is 0.0254. The lowest BCUT2D eigenvalue weighted by atomic mass is 10.1. The molecule has 138 valence electrons. The zero-order valence-electron chi connectivity index (χ0n) is 13.8. The van der Waals surface area contributed by atoms with E-state index in [-0.39, 0.29) is 35.4 Å². The third-order valence-corrected chi connectivity index (χ3v) is 5.60. The maximum atomic E-state index is 12.5. The van der Waals surface area contributed by atoms with Crippen molar-refractivity contribution in [2.75, 3.05) is 6.61 Å². The van der Waals surface area contributed by atoms with E-state index in [9.17, 15) is 24.5 Å². The Hall–Kier alpha value is -2.62. The molecule has 0 aromatic heterocycles. The number of thioether (sulfide) groups is 1. The van der Waals surface area contributed by atoms with E-state index in [4.69, 9.17) is 9.47 Å². The summed E-state index contributed by atoms with van der Waals surface area (Å²) in [5, 5.41) is 10.2. The molecule has 2 aliphatic heterocycles. The van der Waals surface area contributed by atoms with Gasteiger partial charge in [0.15, 0.2) is 0 Å².